The van der Waals surface area contributed by atoms with Crippen LogP contribution in [0, 0.1) is 13.8 Å². The van der Waals surface area contributed by atoms with E-state index in [0.717, 1.165) is 28.0 Å². The number of esters is 1. The van der Waals surface area contributed by atoms with Crippen molar-refractivity contribution in [1.82, 2.24) is 4.98 Å². The number of hydrogen-bond donors (Lipinski definition) is 1. The van der Waals surface area contributed by atoms with Gasteiger partial charge in [-0.25, -0.2) is 9.78 Å². The monoisotopic (exact) mass is 624 g/mol. The maximum atomic E-state index is 13.7. The normalized spacial score (nSPS) is 16.2. The summed E-state index contributed by atoms with van der Waals surface area (Å²) in [7, 11) is 0. The minimum absolute atomic E-state index is 0.0635. The number of Topliss-reactive ketones (excluding diaryl/α,β-unsaturated/α-hetero) is 1. The number of ether oxygens (including phenoxy) is 2. The zero-order valence-corrected chi connectivity index (χ0v) is 27.0. The zero-order chi connectivity index (χ0) is 32.5. The summed E-state index contributed by atoms with van der Waals surface area (Å²) >= 11 is 0.980. The number of anilines is 1. The third-order valence-electron chi connectivity index (χ3n) is 7.67. The fourth-order valence-corrected chi connectivity index (χ4v) is 6.22. The van der Waals surface area contributed by atoms with Crippen molar-refractivity contribution in [2.24, 2.45) is 0 Å². The van der Waals surface area contributed by atoms with E-state index in [9.17, 15) is 19.5 Å². The quantitative estimate of drug-likeness (QED) is 0.0940. The highest BCUT2D eigenvalue weighted by molar-refractivity contribution is 7.17. The Kier molecular flexibility index (Phi) is 8.93. The van der Waals surface area contributed by atoms with Gasteiger partial charge in [0.05, 0.1) is 23.9 Å². The van der Waals surface area contributed by atoms with Gasteiger partial charge in [-0.15, -0.1) is 0 Å². The minimum Gasteiger partial charge on any atom is -0.507 e. The van der Waals surface area contributed by atoms with Gasteiger partial charge >= 0.3 is 11.9 Å². The molecule has 2 heterocycles. The van der Waals surface area contributed by atoms with Gasteiger partial charge in [-0.05, 0) is 66.6 Å². The number of carbonyl (C=O) groups excluding carboxylic acids is 3. The Morgan fingerprint density at radius 1 is 1.00 bits per heavy atom. The second-order valence-corrected chi connectivity index (χ2v) is 12.9. The molecule has 9 heteroatoms. The number of rotatable bonds is 8. The maximum Gasteiger partial charge on any atom is 0.350 e. The first-order valence-corrected chi connectivity index (χ1v) is 15.6. The number of hydrogen-bond acceptors (Lipinski definition) is 8. The van der Waals surface area contributed by atoms with Crippen molar-refractivity contribution in [3.63, 3.8) is 0 Å². The Morgan fingerprint density at radius 3 is 2.31 bits per heavy atom. The molecule has 232 valence electrons. The third-order valence-corrected chi connectivity index (χ3v) is 8.81. The molecule has 1 amide bonds. The smallest absolute Gasteiger partial charge is 0.350 e. The van der Waals surface area contributed by atoms with Gasteiger partial charge in [0, 0.05) is 5.56 Å². The van der Waals surface area contributed by atoms with E-state index in [1.807, 2.05) is 61.5 Å². The van der Waals surface area contributed by atoms with Gasteiger partial charge in [-0.3, -0.25) is 14.5 Å². The fourth-order valence-electron chi connectivity index (χ4n) is 5.23. The maximum absolute atomic E-state index is 13.7. The molecule has 1 saturated heterocycles. The SMILES string of the molecule is CCOC(=O)c1sc(N2C(=O)C(=O)C(=C(O)c3ccc(OCc4ccccc4)c(C)c3)[C@@H]2c2ccc(C(C)(C)C)cc2)nc1C. The van der Waals surface area contributed by atoms with Crippen LogP contribution in [-0.4, -0.2) is 34.4 Å². The van der Waals surface area contributed by atoms with Crippen molar-refractivity contribution in [2.45, 2.75) is 59.6 Å². The Balaban J connectivity index is 1.59. The number of benzene rings is 3. The number of aromatic nitrogens is 1. The van der Waals surface area contributed by atoms with E-state index in [0.29, 0.717) is 29.2 Å². The molecule has 1 atom stereocenters. The first-order valence-electron chi connectivity index (χ1n) is 14.7. The molecule has 45 heavy (non-hydrogen) atoms. The molecule has 1 fully saturated rings. The lowest BCUT2D eigenvalue weighted by Gasteiger charge is -2.25. The number of thiazole rings is 1. The lowest BCUT2D eigenvalue weighted by molar-refractivity contribution is -0.132. The lowest BCUT2D eigenvalue weighted by atomic mass is 9.85. The number of aliphatic hydroxyl groups is 1. The van der Waals surface area contributed by atoms with Crippen molar-refractivity contribution in [1.29, 1.82) is 0 Å². The van der Waals surface area contributed by atoms with Gasteiger partial charge in [0.2, 0.25) is 0 Å². The second-order valence-electron chi connectivity index (χ2n) is 11.9. The van der Waals surface area contributed by atoms with Crippen molar-refractivity contribution in [3.8, 4) is 5.75 Å². The first kappa shape index (κ1) is 31.7. The van der Waals surface area contributed by atoms with Crippen LogP contribution < -0.4 is 9.64 Å². The number of aliphatic hydroxyl groups excluding tert-OH is 1. The molecule has 5 rings (SSSR count). The molecular formula is C36H36N2O6S. The zero-order valence-electron chi connectivity index (χ0n) is 26.2. The van der Waals surface area contributed by atoms with Gasteiger partial charge in [0.25, 0.3) is 5.78 Å². The average molecular weight is 625 g/mol. The van der Waals surface area contributed by atoms with Crippen LogP contribution in [0.2, 0.25) is 0 Å². The molecule has 4 aromatic rings. The highest BCUT2D eigenvalue weighted by Crippen LogP contribution is 2.44. The molecule has 0 aliphatic carbocycles. The van der Waals surface area contributed by atoms with E-state index < -0.39 is 23.7 Å². The van der Waals surface area contributed by atoms with Crippen molar-refractivity contribution < 1.29 is 29.0 Å². The van der Waals surface area contributed by atoms with E-state index in [2.05, 4.69) is 25.8 Å². The highest BCUT2D eigenvalue weighted by atomic mass is 32.1. The fraction of sp³-hybridized carbons (Fsp3) is 0.278. The van der Waals surface area contributed by atoms with Gasteiger partial charge in [0.15, 0.2) is 5.13 Å². The molecule has 0 unspecified atom stereocenters. The van der Waals surface area contributed by atoms with Crippen LogP contribution in [0.4, 0.5) is 5.13 Å². The molecule has 0 radical (unpaired) electrons. The molecule has 8 nitrogen and oxygen atoms in total. The molecule has 0 bridgehead atoms. The minimum atomic E-state index is -0.978. The van der Waals surface area contributed by atoms with Gasteiger partial charge in [-0.1, -0.05) is 86.7 Å². The summed E-state index contributed by atoms with van der Waals surface area (Å²) in [5, 5.41) is 11.8. The third kappa shape index (κ3) is 6.40. The van der Waals surface area contributed by atoms with E-state index in [-0.39, 0.29) is 33.4 Å². The van der Waals surface area contributed by atoms with E-state index in [1.165, 1.54) is 4.90 Å². The largest absolute Gasteiger partial charge is 0.507 e. The van der Waals surface area contributed by atoms with Crippen LogP contribution in [0.1, 0.15) is 76.9 Å². The van der Waals surface area contributed by atoms with Gasteiger partial charge in [0.1, 0.15) is 23.0 Å². The standard InChI is InChI=1S/C36H36N2O6S/c1-7-43-34(42)32-22(3)37-35(45-32)38-29(24-13-16-26(17-14-24)36(4,5)6)28(31(40)33(38)41)30(39)25-15-18-27(21(2)19-25)44-20-23-11-9-8-10-12-23/h8-19,29,39H,7,20H2,1-6H3/t29-/m0/s1. The van der Waals surface area contributed by atoms with Crippen LogP contribution in [-0.2, 0) is 26.3 Å². The van der Waals surface area contributed by atoms with Crippen LogP contribution in [0.25, 0.3) is 5.76 Å². The Bertz CT molecular complexity index is 1780. The predicted molar refractivity (Wildman–Crippen MR) is 175 cm³/mol. The summed E-state index contributed by atoms with van der Waals surface area (Å²) in [5.74, 6) is -1.91. The van der Waals surface area contributed by atoms with E-state index in [1.54, 1.807) is 32.0 Å². The Labute approximate surface area is 267 Å². The topological polar surface area (TPSA) is 106 Å². The van der Waals surface area contributed by atoms with E-state index >= 15 is 0 Å². The number of carbonyl (C=O) groups is 3. The van der Waals surface area contributed by atoms with Crippen LogP contribution in [0.5, 0.6) is 5.75 Å². The number of aryl methyl sites for hydroxylation is 2. The van der Waals surface area contributed by atoms with Gasteiger partial charge < -0.3 is 14.6 Å². The van der Waals surface area contributed by atoms with Crippen molar-refractivity contribution >= 4 is 39.9 Å². The number of ketones is 1. The molecule has 1 aliphatic rings. The van der Waals surface area contributed by atoms with Crippen LogP contribution >= 0.6 is 11.3 Å². The summed E-state index contributed by atoms with van der Waals surface area (Å²) in [6, 6.07) is 21.6. The average Bonchev–Trinajstić information content (AvgIpc) is 3.52. The Morgan fingerprint density at radius 2 is 1.69 bits per heavy atom. The predicted octanol–water partition coefficient (Wildman–Crippen LogP) is 7.44. The summed E-state index contributed by atoms with van der Waals surface area (Å²) in [4.78, 5) is 46.0. The molecule has 0 spiro atoms. The summed E-state index contributed by atoms with van der Waals surface area (Å²) < 4.78 is 11.2. The van der Waals surface area contributed by atoms with E-state index in [4.69, 9.17) is 9.47 Å². The highest BCUT2D eigenvalue weighted by Gasteiger charge is 2.48. The summed E-state index contributed by atoms with van der Waals surface area (Å²) in [6.45, 7) is 12.1. The van der Waals surface area contributed by atoms with Crippen LogP contribution in [0.15, 0.2) is 78.4 Å². The molecule has 3 aromatic carbocycles. The molecule has 0 saturated carbocycles. The second kappa shape index (κ2) is 12.7. The molecular weight excluding hydrogens is 588 g/mol. The van der Waals surface area contributed by atoms with Crippen molar-refractivity contribution in [2.75, 3.05) is 11.5 Å². The Hall–Kier alpha value is -4.76. The lowest BCUT2D eigenvalue weighted by Crippen LogP contribution is -2.29. The molecule has 1 N–H and O–H groups in total. The summed E-state index contributed by atoms with van der Waals surface area (Å²) in [5.41, 5.74) is 4.04. The number of amides is 1. The van der Waals surface area contributed by atoms with Crippen LogP contribution in [0.3, 0.4) is 0 Å². The number of nitrogens with zero attached hydrogens (tertiary/aromatic N) is 2. The molecule has 1 aliphatic heterocycles. The summed E-state index contributed by atoms with van der Waals surface area (Å²) in [6.07, 6.45) is 0. The van der Waals surface area contributed by atoms with Crippen molar-refractivity contribution in [3.05, 3.63) is 117 Å². The van der Waals surface area contributed by atoms with Gasteiger partial charge in [-0.2, -0.15) is 0 Å². The molecule has 1 aromatic heterocycles. The first-order chi connectivity index (χ1) is 21.4.